The molecule has 1 saturated carbocycles. The fourth-order valence-corrected chi connectivity index (χ4v) is 5.24. The maximum Gasteiger partial charge on any atom is 0.407 e. The van der Waals surface area contributed by atoms with Crippen molar-refractivity contribution in [3.8, 4) is 11.1 Å². The summed E-state index contributed by atoms with van der Waals surface area (Å²) < 4.78 is 5.66. The first kappa shape index (κ1) is 23.8. The molecule has 4 rings (SSSR count). The highest BCUT2D eigenvalue weighted by atomic mass is 16.5. The van der Waals surface area contributed by atoms with Crippen molar-refractivity contribution < 1.29 is 24.2 Å². The molecule has 0 aliphatic heterocycles. The maximum atomic E-state index is 13.1. The van der Waals surface area contributed by atoms with Crippen molar-refractivity contribution in [1.82, 2.24) is 10.2 Å². The number of fused-ring (bicyclic) bond motifs is 3. The quantitative estimate of drug-likeness (QED) is 0.609. The second kappa shape index (κ2) is 10.3. The van der Waals surface area contributed by atoms with Crippen LogP contribution in [0.25, 0.3) is 11.1 Å². The lowest BCUT2D eigenvalue weighted by molar-refractivity contribution is -0.144. The summed E-state index contributed by atoms with van der Waals surface area (Å²) in [7, 11) is 0. The number of ether oxygens (including phenoxy) is 1. The van der Waals surface area contributed by atoms with E-state index in [-0.39, 0.29) is 36.9 Å². The average Bonchev–Trinajstić information content (AvgIpc) is 3.43. The van der Waals surface area contributed by atoms with Gasteiger partial charge in [0.25, 0.3) is 0 Å². The van der Waals surface area contributed by atoms with E-state index in [9.17, 15) is 19.5 Å². The number of nitrogens with one attached hydrogen (secondary N) is 1. The van der Waals surface area contributed by atoms with Crippen molar-refractivity contribution in [2.24, 2.45) is 11.8 Å². The number of carbonyl (C=O) groups is 3. The van der Waals surface area contributed by atoms with Crippen LogP contribution in [0.5, 0.6) is 0 Å². The SMILES string of the molecule is CCN(CC(C)C(=O)O)C(=O)[C@H]1CCC[C@H]1NC(=O)OCC1c2ccccc2-c2ccccc21. The fourth-order valence-electron chi connectivity index (χ4n) is 5.24. The molecule has 34 heavy (non-hydrogen) atoms. The zero-order valence-electron chi connectivity index (χ0n) is 19.7. The molecule has 0 heterocycles. The number of carboxylic acid groups (broad SMARTS) is 1. The van der Waals surface area contributed by atoms with Crippen molar-refractivity contribution in [1.29, 1.82) is 0 Å². The molecule has 0 spiro atoms. The van der Waals surface area contributed by atoms with Crippen molar-refractivity contribution >= 4 is 18.0 Å². The molecule has 1 fully saturated rings. The number of hydrogen-bond donors (Lipinski definition) is 2. The Kier molecular flexibility index (Phi) is 7.20. The molecule has 2 aromatic rings. The summed E-state index contributed by atoms with van der Waals surface area (Å²) in [5.74, 6) is -2.05. The fraction of sp³-hybridized carbons (Fsp3) is 0.444. The smallest absolute Gasteiger partial charge is 0.407 e. The number of carboxylic acids is 1. The van der Waals surface area contributed by atoms with E-state index in [0.29, 0.717) is 19.4 Å². The second-order valence-corrected chi connectivity index (χ2v) is 9.23. The maximum absolute atomic E-state index is 13.1. The highest BCUT2D eigenvalue weighted by molar-refractivity contribution is 5.82. The number of carbonyl (C=O) groups excluding carboxylic acids is 2. The van der Waals surface area contributed by atoms with Crippen molar-refractivity contribution in [2.75, 3.05) is 19.7 Å². The summed E-state index contributed by atoms with van der Waals surface area (Å²) in [5.41, 5.74) is 4.64. The van der Waals surface area contributed by atoms with E-state index in [2.05, 4.69) is 29.6 Å². The van der Waals surface area contributed by atoms with Gasteiger partial charge in [0.1, 0.15) is 6.61 Å². The molecule has 0 radical (unpaired) electrons. The Bertz CT molecular complexity index is 1020. The molecular weight excluding hydrogens is 432 g/mol. The molecule has 2 amide bonds. The first-order chi connectivity index (χ1) is 16.4. The normalized spacial score (nSPS) is 19.7. The Hall–Kier alpha value is -3.35. The van der Waals surface area contributed by atoms with Gasteiger partial charge in [0.05, 0.1) is 11.8 Å². The van der Waals surface area contributed by atoms with Gasteiger partial charge < -0.3 is 20.1 Å². The van der Waals surface area contributed by atoms with Crippen LogP contribution in [0, 0.1) is 11.8 Å². The monoisotopic (exact) mass is 464 g/mol. The standard InChI is InChI=1S/C27H32N2O5/c1-3-29(15-17(2)26(31)32)25(30)22-13-8-14-24(22)28-27(33)34-16-23-20-11-6-4-9-18(20)19-10-5-7-12-21(19)23/h4-7,9-12,17,22-24H,3,8,13-16H2,1-2H3,(H,28,33)(H,31,32)/t17?,22-,24+/m0/s1. The summed E-state index contributed by atoms with van der Waals surface area (Å²) in [6.45, 7) is 4.26. The predicted molar refractivity (Wildman–Crippen MR) is 128 cm³/mol. The average molecular weight is 465 g/mol. The van der Waals surface area contributed by atoms with Crippen LogP contribution in [-0.2, 0) is 14.3 Å². The number of hydrogen-bond acceptors (Lipinski definition) is 4. The van der Waals surface area contributed by atoms with Crippen LogP contribution in [0.15, 0.2) is 48.5 Å². The molecule has 3 atom stereocenters. The van der Waals surface area contributed by atoms with Crippen LogP contribution in [0.4, 0.5) is 4.79 Å². The van der Waals surface area contributed by atoms with Crippen LogP contribution in [-0.4, -0.2) is 53.7 Å². The lowest BCUT2D eigenvalue weighted by Crippen LogP contribution is -2.47. The number of benzene rings is 2. The molecule has 7 heteroatoms. The topological polar surface area (TPSA) is 95.9 Å². The van der Waals surface area contributed by atoms with Crippen LogP contribution >= 0.6 is 0 Å². The van der Waals surface area contributed by atoms with Gasteiger partial charge in [0, 0.05) is 25.0 Å². The number of nitrogens with zero attached hydrogens (tertiary/aromatic N) is 1. The third kappa shape index (κ3) is 4.79. The molecule has 0 saturated heterocycles. The Balaban J connectivity index is 1.37. The number of rotatable bonds is 8. The van der Waals surface area contributed by atoms with E-state index in [1.54, 1.807) is 11.8 Å². The van der Waals surface area contributed by atoms with Gasteiger partial charge in [0.15, 0.2) is 0 Å². The molecule has 180 valence electrons. The van der Waals surface area contributed by atoms with E-state index < -0.39 is 18.0 Å². The van der Waals surface area contributed by atoms with Crippen molar-refractivity contribution in [3.63, 3.8) is 0 Å². The molecule has 1 unspecified atom stereocenters. The highest BCUT2D eigenvalue weighted by Crippen LogP contribution is 2.44. The van der Waals surface area contributed by atoms with E-state index >= 15 is 0 Å². The van der Waals surface area contributed by atoms with Gasteiger partial charge >= 0.3 is 12.1 Å². The number of amides is 2. The van der Waals surface area contributed by atoms with Crippen LogP contribution in [0.2, 0.25) is 0 Å². The van der Waals surface area contributed by atoms with E-state index in [0.717, 1.165) is 17.5 Å². The van der Waals surface area contributed by atoms with Gasteiger partial charge in [-0.1, -0.05) is 61.9 Å². The molecule has 2 aliphatic carbocycles. The summed E-state index contributed by atoms with van der Waals surface area (Å²) in [5, 5.41) is 12.1. The largest absolute Gasteiger partial charge is 0.481 e. The second-order valence-electron chi connectivity index (χ2n) is 9.23. The molecular formula is C27H32N2O5. The van der Waals surface area contributed by atoms with Gasteiger partial charge in [-0.15, -0.1) is 0 Å². The minimum atomic E-state index is -0.925. The zero-order valence-corrected chi connectivity index (χ0v) is 19.7. The number of alkyl carbamates (subject to hydrolysis) is 1. The van der Waals surface area contributed by atoms with E-state index in [1.165, 1.54) is 11.1 Å². The van der Waals surface area contributed by atoms with E-state index in [1.807, 2.05) is 31.2 Å². The Morgan fingerprint density at radius 2 is 1.68 bits per heavy atom. The van der Waals surface area contributed by atoms with Gasteiger partial charge in [-0.3, -0.25) is 9.59 Å². The van der Waals surface area contributed by atoms with Crippen molar-refractivity contribution in [2.45, 2.75) is 45.1 Å². The van der Waals surface area contributed by atoms with Crippen LogP contribution in [0.3, 0.4) is 0 Å². The predicted octanol–water partition coefficient (Wildman–Crippen LogP) is 4.26. The molecule has 2 aromatic carbocycles. The summed E-state index contributed by atoms with van der Waals surface area (Å²) in [4.78, 5) is 38.6. The molecule has 2 aliphatic rings. The minimum Gasteiger partial charge on any atom is -0.481 e. The van der Waals surface area contributed by atoms with Crippen LogP contribution < -0.4 is 5.32 Å². The van der Waals surface area contributed by atoms with Crippen LogP contribution in [0.1, 0.15) is 50.2 Å². The summed E-state index contributed by atoms with van der Waals surface area (Å²) in [6, 6.07) is 16.0. The van der Waals surface area contributed by atoms with Gasteiger partial charge in [0.2, 0.25) is 5.91 Å². The first-order valence-corrected chi connectivity index (χ1v) is 12.0. The van der Waals surface area contributed by atoms with Crippen molar-refractivity contribution in [3.05, 3.63) is 59.7 Å². The Labute approximate surface area is 200 Å². The third-order valence-electron chi connectivity index (χ3n) is 7.09. The van der Waals surface area contributed by atoms with E-state index in [4.69, 9.17) is 4.74 Å². The lowest BCUT2D eigenvalue weighted by atomic mass is 9.98. The highest BCUT2D eigenvalue weighted by Gasteiger charge is 2.37. The molecule has 2 N–H and O–H groups in total. The first-order valence-electron chi connectivity index (χ1n) is 12.0. The summed E-state index contributed by atoms with van der Waals surface area (Å²) in [6.07, 6.45) is 1.68. The number of aliphatic carboxylic acids is 1. The van der Waals surface area contributed by atoms with Gasteiger partial charge in [-0.05, 0) is 42.0 Å². The Morgan fingerprint density at radius 3 is 2.26 bits per heavy atom. The summed E-state index contributed by atoms with van der Waals surface area (Å²) >= 11 is 0. The molecule has 7 nitrogen and oxygen atoms in total. The lowest BCUT2D eigenvalue weighted by Gasteiger charge is -2.29. The Morgan fingerprint density at radius 1 is 1.06 bits per heavy atom. The molecule has 0 aromatic heterocycles. The molecule has 0 bridgehead atoms. The zero-order chi connectivity index (χ0) is 24.2. The van der Waals surface area contributed by atoms with Gasteiger partial charge in [-0.25, -0.2) is 4.79 Å². The minimum absolute atomic E-state index is 0.0211. The third-order valence-corrected chi connectivity index (χ3v) is 7.09. The van der Waals surface area contributed by atoms with Gasteiger partial charge in [-0.2, -0.15) is 0 Å².